The highest BCUT2D eigenvalue weighted by molar-refractivity contribution is 7.15. The quantitative estimate of drug-likeness (QED) is 0.639. The van der Waals surface area contributed by atoms with E-state index in [-0.39, 0.29) is 12.4 Å². The van der Waals surface area contributed by atoms with Gasteiger partial charge < -0.3 is 4.74 Å². The van der Waals surface area contributed by atoms with Crippen LogP contribution in [0.1, 0.15) is 37.4 Å². The fourth-order valence-corrected chi connectivity index (χ4v) is 2.40. The molecule has 2 aromatic rings. The van der Waals surface area contributed by atoms with Crippen LogP contribution in [0.5, 0.6) is 0 Å². The summed E-state index contributed by atoms with van der Waals surface area (Å²) in [6, 6.07) is 12.2. The standard InChI is InChI=1S/C15H11NO3S/c1-10(17)13-6-7-14(20-13)15(18)19-9-12-5-3-2-4-11(12)8-16/h2-7H,9H2,1H3. The summed E-state index contributed by atoms with van der Waals surface area (Å²) >= 11 is 1.11. The average molecular weight is 285 g/mol. The molecule has 5 heteroatoms. The van der Waals surface area contributed by atoms with E-state index in [9.17, 15) is 9.59 Å². The van der Waals surface area contributed by atoms with Gasteiger partial charge in [0.1, 0.15) is 11.5 Å². The number of nitriles is 1. The van der Waals surface area contributed by atoms with Crippen molar-refractivity contribution < 1.29 is 14.3 Å². The second-order valence-electron chi connectivity index (χ2n) is 4.07. The maximum Gasteiger partial charge on any atom is 0.348 e. The average Bonchev–Trinajstić information content (AvgIpc) is 2.95. The number of carbonyl (C=O) groups excluding carboxylic acids is 2. The molecule has 0 unspecified atom stereocenters. The third-order valence-electron chi connectivity index (χ3n) is 2.65. The predicted molar refractivity (Wildman–Crippen MR) is 74.6 cm³/mol. The Morgan fingerprint density at radius 2 is 1.90 bits per heavy atom. The van der Waals surface area contributed by atoms with Gasteiger partial charge in [0.05, 0.1) is 16.5 Å². The first-order valence-electron chi connectivity index (χ1n) is 5.87. The second-order valence-corrected chi connectivity index (χ2v) is 5.15. The van der Waals surface area contributed by atoms with Gasteiger partial charge in [0.25, 0.3) is 0 Å². The van der Waals surface area contributed by atoms with E-state index in [2.05, 4.69) is 0 Å². The van der Waals surface area contributed by atoms with Gasteiger partial charge in [0.15, 0.2) is 5.78 Å². The predicted octanol–water partition coefficient (Wildman–Crippen LogP) is 3.18. The lowest BCUT2D eigenvalue weighted by Crippen LogP contribution is -2.04. The van der Waals surface area contributed by atoms with E-state index in [1.165, 1.54) is 6.92 Å². The van der Waals surface area contributed by atoms with E-state index < -0.39 is 5.97 Å². The molecule has 1 aromatic heterocycles. The molecule has 2 rings (SSSR count). The molecule has 0 aliphatic rings. The monoisotopic (exact) mass is 285 g/mol. The number of hydrogen-bond donors (Lipinski definition) is 0. The normalized spacial score (nSPS) is 9.80. The topological polar surface area (TPSA) is 67.2 Å². The Bertz CT molecular complexity index is 697. The number of Topliss-reactive ketones (excluding diaryl/α,β-unsaturated/α-hetero) is 1. The van der Waals surface area contributed by atoms with Gasteiger partial charge in [-0.1, -0.05) is 18.2 Å². The lowest BCUT2D eigenvalue weighted by Gasteiger charge is -2.04. The van der Waals surface area contributed by atoms with Crippen LogP contribution in [0.3, 0.4) is 0 Å². The molecule has 4 nitrogen and oxygen atoms in total. The molecule has 20 heavy (non-hydrogen) atoms. The Balaban J connectivity index is 2.05. The highest BCUT2D eigenvalue weighted by Gasteiger charge is 2.13. The van der Waals surface area contributed by atoms with Gasteiger partial charge in [-0.25, -0.2) is 4.79 Å². The molecule has 0 aliphatic heterocycles. The van der Waals surface area contributed by atoms with E-state index >= 15 is 0 Å². The van der Waals surface area contributed by atoms with Crippen LogP contribution in [0.4, 0.5) is 0 Å². The number of benzene rings is 1. The fourth-order valence-electron chi connectivity index (χ4n) is 1.61. The van der Waals surface area contributed by atoms with E-state index in [0.717, 1.165) is 11.3 Å². The molecule has 0 radical (unpaired) electrons. The van der Waals surface area contributed by atoms with Crippen LogP contribution in [0.2, 0.25) is 0 Å². The zero-order chi connectivity index (χ0) is 14.5. The SMILES string of the molecule is CC(=O)c1ccc(C(=O)OCc2ccccc2C#N)s1. The lowest BCUT2D eigenvalue weighted by atomic mass is 10.1. The van der Waals surface area contributed by atoms with Crippen molar-refractivity contribution >= 4 is 23.1 Å². The summed E-state index contributed by atoms with van der Waals surface area (Å²) < 4.78 is 5.16. The van der Waals surface area contributed by atoms with Crippen LogP contribution in [-0.2, 0) is 11.3 Å². The lowest BCUT2D eigenvalue weighted by molar-refractivity contribution is 0.0478. The van der Waals surface area contributed by atoms with Crippen LogP contribution >= 0.6 is 11.3 Å². The van der Waals surface area contributed by atoms with E-state index in [0.29, 0.717) is 20.9 Å². The molecule has 0 fully saturated rings. The molecule has 1 heterocycles. The molecule has 0 bridgehead atoms. The van der Waals surface area contributed by atoms with Crippen molar-refractivity contribution in [2.75, 3.05) is 0 Å². The van der Waals surface area contributed by atoms with Crippen molar-refractivity contribution in [3.63, 3.8) is 0 Å². The molecular weight excluding hydrogens is 274 g/mol. The molecule has 0 aliphatic carbocycles. The summed E-state index contributed by atoms with van der Waals surface area (Å²) in [5, 5.41) is 8.94. The Kier molecular flexibility index (Phi) is 4.28. The van der Waals surface area contributed by atoms with Crippen LogP contribution in [-0.4, -0.2) is 11.8 Å². The van der Waals surface area contributed by atoms with Crippen LogP contribution < -0.4 is 0 Å². The highest BCUT2D eigenvalue weighted by atomic mass is 32.1. The second kappa shape index (κ2) is 6.13. The summed E-state index contributed by atoms with van der Waals surface area (Å²) in [6.07, 6.45) is 0. The molecule has 0 N–H and O–H groups in total. The minimum absolute atomic E-state index is 0.0376. The Morgan fingerprint density at radius 1 is 1.20 bits per heavy atom. The van der Waals surface area contributed by atoms with Gasteiger partial charge >= 0.3 is 5.97 Å². The van der Waals surface area contributed by atoms with Gasteiger partial charge in [-0.3, -0.25) is 4.79 Å². The Hall–Kier alpha value is -2.45. The summed E-state index contributed by atoms with van der Waals surface area (Å²) in [6.45, 7) is 1.49. The summed E-state index contributed by atoms with van der Waals surface area (Å²) in [7, 11) is 0. The summed E-state index contributed by atoms with van der Waals surface area (Å²) in [4.78, 5) is 23.9. The molecule has 0 atom stereocenters. The zero-order valence-electron chi connectivity index (χ0n) is 10.8. The van der Waals surface area contributed by atoms with Crippen molar-refractivity contribution in [1.29, 1.82) is 5.26 Å². The van der Waals surface area contributed by atoms with Gasteiger partial charge in [0, 0.05) is 5.56 Å². The molecular formula is C15H11NO3S. The fraction of sp³-hybridized carbons (Fsp3) is 0.133. The van der Waals surface area contributed by atoms with E-state index in [1.54, 1.807) is 36.4 Å². The maximum absolute atomic E-state index is 11.8. The highest BCUT2D eigenvalue weighted by Crippen LogP contribution is 2.19. The number of esters is 1. The smallest absolute Gasteiger partial charge is 0.348 e. The summed E-state index contributed by atoms with van der Waals surface area (Å²) in [5.74, 6) is -0.570. The number of thiophene rings is 1. The van der Waals surface area contributed by atoms with E-state index in [1.807, 2.05) is 6.07 Å². The number of hydrogen-bond acceptors (Lipinski definition) is 5. The number of carbonyl (C=O) groups is 2. The minimum atomic E-state index is -0.491. The van der Waals surface area contributed by atoms with Crippen LogP contribution in [0.15, 0.2) is 36.4 Å². The minimum Gasteiger partial charge on any atom is -0.457 e. The molecule has 0 spiro atoms. The van der Waals surface area contributed by atoms with Gasteiger partial charge in [-0.15, -0.1) is 11.3 Å². The van der Waals surface area contributed by atoms with Crippen LogP contribution in [0, 0.1) is 11.3 Å². The van der Waals surface area contributed by atoms with Crippen molar-refractivity contribution in [1.82, 2.24) is 0 Å². The summed E-state index contributed by atoms with van der Waals surface area (Å²) in [5.41, 5.74) is 1.14. The molecule has 1 aromatic carbocycles. The maximum atomic E-state index is 11.8. The third kappa shape index (κ3) is 3.11. The largest absolute Gasteiger partial charge is 0.457 e. The third-order valence-corrected chi connectivity index (χ3v) is 3.82. The molecule has 0 saturated carbocycles. The van der Waals surface area contributed by atoms with Crippen LogP contribution in [0.25, 0.3) is 0 Å². The number of nitrogens with zero attached hydrogens (tertiary/aromatic N) is 1. The Morgan fingerprint density at radius 3 is 2.55 bits per heavy atom. The number of ether oxygens (including phenoxy) is 1. The first-order chi connectivity index (χ1) is 9.61. The first kappa shape index (κ1) is 14.0. The van der Waals surface area contributed by atoms with Crippen molar-refractivity contribution in [2.24, 2.45) is 0 Å². The number of rotatable bonds is 4. The van der Waals surface area contributed by atoms with Gasteiger partial charge in [0.2, 0.25) is 0 Å². The zero-order valence-corrected chi connectivity index (χ0v) is 11.6. The first-order valence-corrected chi connectivity index (χ1v) is 6.69. The molecule has 0 amide bonds. The van der Waals surface area contributed by atoms with Crippen molar-refractivity contribution in [3.05, 3.63) is 57.3 Å². The Labute approximate surface area is 120 Å². The van der Waals surface area contributed by atoms with Gasteiger partial charge in [-0.2, -0.15) is 5.26 Å². The van der Waals surface area contributed by atoms with Crippen molar-refractivity contribution in [2.45, 2.75) is 13.5 Å². The molecule has 100 valence electrons. The van der Waals surface area contributed by atoms with Crippen molar-refractivity contribution in [3.8, 4) is 6.07 Å². The van der Waals surface area contributed by atoms with E-state index in [4.69, 9.17) is 10.00 Å². The van der Waals surface area contributed by atoms with Gasteiger partial charge in [-0.05, 0) is 25.1 Å². The number of ketones is 1. The molecule has 0 saturated heterocycles.